The quantitative estimate of drug-likeness (QED) is 0.271. The Labute approximate surface area is 179 Å². The van der Waals surface area contributed by atoms with Gasteiger partial charge in [0.15, 0.2) is 5.84 Å². The van der Waals surface area contributed by atoms with Gasteiger partial charge >= 0.3 is 0 Å². The van der Waals surface area contributed by atoms with Crippen molar-refractivity contribution >= 4 is 11.5 Å². The minimum Gasteiger partial charge on any atom is -0.438 e. The standard InChI is InChI=1S/C23H22N6O2/c1-16(2)17-5-7-18(8-6-17)27-22(28-30)21-4-3-13-25-23(21)31-20-11-9-19(10-12-20)29-15-24-14-26-29/h3-16,30H,1-2H3,(H,27,28). The van der Waals surface area contributed by atoms with E-state index in [2.05, 4.69) is 39.4 Å². The lowest BCUT2D eigenvalue weighted by molar-refractivity contribution is 0.234. The molecular weight excluding hydrogens is 392 g/mol. The highest BCUT2D eigenvalue weighted by atomic mass is 16.5. The molecule has 2 heterocycles. The molecule has 8 heteroatoms. The molecule has 0 amide bonds. The summed E-state index contributed by atoms with van der Waals surface area (Å²) in [7, 11) is 0. The van der Waals surface area contributed by atoms with Gasteiger partial charge in [-0.15, -0.1) is 0 Å². The highest BCUT2D eigenvalue weighted by Crippen LogP contribution is 2.26. The zero-order valence-corrected chi connectivity index (χ0v) is 17.2. The average Bonchev–Trinajstić information content (AvgIpc) is 3.34. The van der Waals surface area contributed by atoms with Crippen molar-refractivity contribution in [2.24, 2.45) is 4.99 Å². The maximum atomic E-state index is 9.74. The Kier molecular flexibility index (Phi) is 6.00. The number of pyridine rings is 1. The second kappa shape index (κ2) is 9.19. The van der Waals surface area contributed by atoms with Crippen LogP contribution in [0, 0.1) is 0 Å². The monoisotopic (exact) mass is 414 g/mol. The minimum absolute atomic E-state index is 0.236. The van der Waals surface area contributed by atoms with Crippen molar-refractivity contribution in [1.82, 2.24) is 25.2 Å². The van der Waals surface area contributed by atoms with Gasteiger partial charge in [0.25, 0.3) is 0 Å². The molecule has 0 aliphatic rings. The number of hydrogen-bond donors (Lipinski definition) is 2. The number of aromatic nitrogens is 4. The fourth-order valence-corrected chi connectivity index (χ4v) is 2.98. The van der Waals surface area contributed by atoms with E-state index in [4.69, 9.17) is 4.74 Å². The molecule has 156 valence electrons. The van der Waals surface area contributed by atoms with Crippen molar-refractivity contribution in [3.63, 3.8) is 0 Å². The summed E-state index contributed by atoms with van der Waals surface area (Å²) in [5.74, 6) is 1.57. The van der Waals surface area contributed by atoms with Crippen LogP contribution in [0.1, 0.15) is 30.9 Å². The van der Waals surface area contributed by atoms with Gasteiger partial charge in [-0.3, -0.25) is 10.7 Å². The van der Waals surface area contributed by atoms with E-state index in [0.29, 0.717) is 28.8 Å². The summed E-state index contributed by atoms with van der Waals surface area (Å²) in [5, 5.41) is 13.8. The molecule has 2 N–H and O–H groups in total. The van der Waals surface area contributed by atoms with E-state index < -0.39 is 0 Å². The molecule has 0 radical (unpaired) electrons. The molecule has 0 aliphatic carbocycles. The van der Waals surface area contributed by atoms with Gasteiger partial charge in [-0.05, 0) is 60.0 Å². The first-order valence-corrected chi connectivity index (χ1v) is 9.81. The molecule has 0 aliphatic heterocycles. The van der Waals surface area contributed by atoms with Crippen LogP contribution < -0.4 is 10.2 Å². The fraction of sp³-hybridized carbons (Fsp3) is 0.130. The molecule has 0 spiro atoms. The van der Waals surface area contributed by atoms with Gasteiger partial charge < -0.3 is 4.74 Å². The van der Waals surface area contributed by atoms with Crippen molar-refractivity contribution < 1.29 is 9.94 Å². The lowest BCUT2D eigenvalue weighted by Crippen LogP contribution is -2.21. The maximum absolute atomic E-state index is 9.74. The molecule has 4 rings (SSSR count). The number of nitrogens with one attached hydrogen (secondary N) is 1. The first kappa shape index (κ1) is 20.2. The van der Waals surface area contributed by atoms with Crippen LogP contribution in [0.3, 0.4) is 0 Å². The number of nitrogens with zero attached hydrogens (tertiary/aromatic N) is 5. The molecule has 2 aromatic carbocycles. The maximum Gasteiger partial charge on any atom is 0.230 e. The molecular formula is C23H22N6O2. The fourth-order valence-electron chi connectivity index (χ4n) is 2.98. The van der Waals surface area contributed by atoms with Crippen LogP contribution in [0.25, 0.3) is 5.69 Å². The second-order valence-corrected chi connectivity index (χ2v) is 7.11. The second-order valence-electron chi connectivity index (χ2n) is 7.11. The van der Waals surface area contributed by atoms with Crippen molar-refractivity contribution in [3.05, 3.63) is 90.6 Å². The molecule has 4 aromatic rings. The molecule has 0 atom stereocenters. The molecule has 8 nitrogen and oxygen atoms in total. The van der Waals surface area contributed by atoms with Gasteiger partial charge in [0.05, 0.1) is 16.9 Å². The molecule has 2 aromatic heterocycles. The zero-order chi connectivity index (χ0) is 21.6. The van der Waals surface area contributed by atoms with E-state index in [0.717, 1.165) is 5.69 Å². The summed E-state index contributed by atoms with van der Waals surface area (Å²) in [4.78, 5) is 12.8. The summed E-state index contributed by atoms with van der Waals surface area (Å²) in [6.07, 6.45) is 4.72. The zero-order valence-electron chi connectivity index (χ0n) is 17.2. The van der Waals surface area contributed by atoms with Crippen LogP contribution >= 0.6 is 0 Å². The molecule has 0 unspecified atom stereocenters. The van der Waals surface area contributed by atoms with Gasteiger partial charge in [0.2, 0.25) is 5.88 Å². The number of rotatable bonds is 6. The van der Waals surface area contributed by atoms with Crippen LogP contribution in [-0.4, -0.2) is 30.8 Å². The van der Waals surface area contributed by atoms with E-state index in [1.807, 2.05) is 48.5 Å². The topological polar surface area (TPSA) is 97.5 Å². The third-order valence-electron chi connectivity index (χ3n) is 4.67. The number of benzene rings is 2. The predicted molar refractivity (Wildman–Crippen MR) is 117 cm³/mol. The van der Waals surface area contributed by atoms with E-state index in [9.17, 15) is 5.21 Å². The predicted octanol–water partition coefficient (Wildman–Crippen LogP) is 4.64. The summed E-state index contributed by atoms with van der Waals surface area (Å²) >= 11 is 0. The third-order valence-corrected chi connectivity index (χ3v) is 4.67. The van der Waals surface area contributed by atoms with Gasteiger partial charge in [-0.25, -0.2) is 19.6 Å². The molecule has 0 bridgehead atoms. The van der Waals surface area contributed by atoms with Gasteiger partial charge in [-0.2, -0.15) is 5.10 Å². The van der Waals surface area contributed by atoms with Crippen molar-refractivity contribution in [2.75, 3.05) is 0 Å². The Bertz CT molecular complexity index is 1150. The Morgan fingerprint density at radius 1 is 1.06 bits per heavy atom. The van der Waals surface area contributed by atoms with Gasteiger partial charge in [0.1, 0.15) is 18.4 Å². The molecule has 0 saturated carbocycles. The van der Waals surface area contributed by atoms with Crippen LogP contribution in [0.15, 0.2) is 84.5 Å². The normalized spacial score (nSPS) is 11.5. The molecule has 0 saturated heterocycles. The largest absolute Gasteiger partial charge is 0.438 e. The first-order valence-electron chi connectivity index (χ1n) is 9.81. The van der Waals surface area contributed by atoms with Gasteiger partial charge in [-0.1, -0.05) is 26.0 Å². The van der Waals surface area contributed by atoms with Crippen molar-refractivity contribution in [3.8, 4) is 17.3 Å². The van der Waals surface area contributed by atoms with Crippen molar-refractivity contribution in [1.29, 1.82) is 0 Å². The highest BCUT2D eigenvalue weighted by molar-refractivity contribution is 6.01. The minimum atomic E-state index is 0.236. The van der Waals surface area contributed by atoms with E-state index >= 15 is 0 Å². The average molecular weight is 414 g/mol. The number of hydroxylamine groups is 1. The van der Waals surface area contributed by atoms with Gasteiger partial charge in [0, 0.05) is 6.20 Å². The summed E-state index contributed by atoms with van der Waals surface area (Å²) < 4.78 is 7.62. The van der Waals surface area contributed by atoms with Crippen LogP contribution in [0.5, 0.6) is 11.6 Å². The smallest absolute Gasteiger partial charge is 0.230 e. The summed E-state index contributed by atoms with van der Waals surface area (Å²) in [6.45, 7) is 4.27. The third kappa shape index (κ3) is 4.76. The first-order chi connectivity index (χ1) is 15.1. The number of ether oxygens (including phenoxy) is 1. The highest BCUT2D eigenvalue weighted by Gasteiger charge is 2.13. The van der Waals surface area contributed by atoms with E-state index in [1.165, 1.54) is 11.9 Å². The van der Waals surface area contributed by atoms with E-state index in [1.54, 1.807) is 29.3 Å². The summed E-state index contributed by atoms with van der Waals surface area (Å²) in [6, 6.07) is 18.7. The molecule has 0 fully saturated rings. The number of amidine groups is 1. The lowest BCUT2D eigenvalue weighted by atomic mass is 10.0. The van der Waals surface area contributed by atoms with Crippen LogP contribution in [0.4, 0.5) is 5.69 Å². The SMILES string of the molecule is CC(C)c1ccc(N=C(NO)c2cccnc2Oc2ccc(-n3cncn3)cc2)cc1. The lowest BCUT2D eigenvalue weighted by Gasteiger charge is -2.12. The van der Waals surface area contributed by atoms with E-state index in [-0.39, 0.29) is 5.84 Å². The Morgan fingerprint density at radius 3 is 2.48 bits per heavy atom. The Balaban J connectivity index is 1.59. The Hall–Kier alpha value is -4.04. The summed E-state index contributed by atoms with van der Waals surface area (Å²) in [5.41, 5.74) is 5.47. The number of hydrogen-bond acceptors (Lipinski definition) is 6. The number of aliphatic imine (C=N–C) groups is 1. The van der Waals surface area contributed by atoms with Crippen LogP contribution in [0.2, 0.25) is 0 Å². The Morgan fingerprint density at radius 2 is 1.84 bits per heavy atom. The van der Waals surface area contributed by atoms with Crippen molar-refractivity contribution in [2.45, 2.75) is 19.8 Å². The van der Waals surface area contributed by atoms with Crippen LogP contribution in [-0.2, 0) is 0 Å². The molecule has 31 heavy (non-hydrogen) atoms.